The number of allylic oxidation sites excluding steroid dienone is 10. The molecule has 0 bridgehead atoms. The highest BCUT2D eigenvalue weighted by atomic mass is 16.6. The molecule has 0 heterocycles. The molecule has 0 rings (SSSR count). The molecule has 6 nitrogen and oxygen atoms in total. The predicted molar refractivity (Wildman–Crippen MR) is 344 cm³/mol. The van der Waals surface area contributed by atoms with Gasteiger partial charge in [-0.15, -0.1) is 0 Å². The van der Waals surface area contributed by atoms with Gasteiger partial charge in [0.1, 0.15) is 13.2 Å². The third-order valence-corrected chi connectivity index (χ3v) is 15.5. The summed E-state index contributed by atoms with van der Waals surface area (Å²) in [4.78, 5) is 38.3. The van der Waals surface area contributed by atoms with Crippen molar-refractivity contribution in [3.8, 4) is 0 Å². The lowest BCUT2D eigenvalue weighted by atomic mass is 10.0. The van der Waals surface area contributed by atoms with Crippen LogP contribution in [0.1, 0.15) is 367 Å². The van der Waals surface area contributed by atoms with Crippen molar-refractivity contribution < 1.29 is 28.6 Å². The van der Waals surface area contributed by atoms with Gasteiger partial charge in [0.2, 0.25) is 0 Å². The molecule has 0 amide bonds. The standard InChI is InChI=1S/C73H132O6/c1-4-7-10-13-16-19-21-23-25-27-29-31-32-33-34-35-36-37-38-39-40-42-43-45-47-49-51-54-57-60-63-66-72(75)78-69-70(68-77-71(74)65-62-59-56-53-18-15-12-9-6-3)79-73(76)67-64-61-58-55-52-50-48-46-44-41-30-28-26-24-22-20-17-14-11-8-5-2/h7,10,16,19,23,25,28-31,70H,4-6,8-9,11-15,17-18,20-22,24,26-27,32-69H2,1-3H3/b10-7-,19-16-,25-23-,30-28-,31-29-. The van der Waals surface area contributed by atoms with Gasteiger partial charge in [0.05, 0.1) is 0 Å². The van der Waals surface area contributed by atoms with Crippen molar-refractivity contribution >= 4 is 17.9 Å². The second kappa shape index (κ2) is 67.6. The second-order valence-corrected chi connectivity index (χ2v) is 23.4. The van der Waals surface area contributed by atoms with Gasteiger partial charge >= 0.3 is 17.9 Å². The summed E-state index contributed by atoms with van der Waals surface area (Å²) < 4.78 is 16.9. The molecule has 0 aliphatic carbocycles. The Hall–Kier alpha value is -2.89. The summed E-state index contributed by atoms with van der Waals surface area (Å²) in [5.74, 6) is -0.851. The maximum Gasteiger partial charge on any atom is 0.306 e. The van der Waals surface area contributed by atoms with E-state index in [1.807, 2.05) is 0 Å². The topological polar surface area (TPSA) is 78.9 Å². The van der Waals surface area contributed by atoms with Gasteiger partial charge < -0.3 is 14.2 Å². The lowest BCUT2D eigenvalue weighted by molar-refractivity contribution is -0.167. The van der Waals surface area contributed by atoms with Gasteiger partial charge in [-0.25, -0.2) is 0 Å². The van der Waals surface area contributed by atoms with Crippen LogP contribution in [-0.4, -0.2) is 37.2 Å². The first-order valence-corrected chi connectivity index (χ1v) is 34.8. The van der Waals surface area contributed by atoms with Crippen LogP contribution in [0.25, 0.3) is 0 Å². The van der Waals surface area contributed by atoms with Gasteiger partial charge in [0.25, 0.3) is 0 Å². The van der Waals surface area contributed by atoms with Crippen molar-refractivity contribution in [3.05, 3.63) is 60.8 Å². The Morgan fingerprint density at radius 1 is 0.266 bits per heavy atom. The van der Waals surface area contributed by atoms with Gasteiger partial charge in [-0.05, 0) is 83.5 Å². The summed E-state index contributed by atoms with van der Waals surface area (Å²) in [5.41, 5.74) is 0. The highest BCUT2D eigenvalue weighted by Crippen LogP contribution is 2.18. The molecule has 1 unspecified atom stereocenters. The molecule has 0 aromatic carbocycles. The quantitative estimate of drug-likeness (QED) is 0.0261. The molecule has 1 atom stereocenters. The first kappa shape index (κ1) is 76.1. The molecule has 0 saturated carbocycles. The zero-order valence-electron chi connectivity index (χ0n) is 52.9. The first-order chi connectivity index (χ1) is 39.0. The fraction of sp³-hybridized carbons (Fsp3) is 0.822. The normalized spacial score (nSPS) is 12.4. The average Bonchev–Trinajstić information content (AvgIpc) is 3.45. The number of unbranched alkanes of at least 4 members (excludes halogenated alkanes) is 43. The summed E-state index contributed by atoms with van der Waals surface area (Å²) in [5, 5.41) is 0. The molecular weight excluding hydrogens is 973 g/mol. The molecule has 0 aromatic heterocycles. The number of hydrogen-bond acceptors (Lipinski definition) is 6. The molecular formula is C73H132O6. The number of esters is 3. The van der Waals surface area contributed by atoms with Gasteiger partial charge in [0, 0.05) is 19.3 Å². The van der Waals surface area contributed by atoms with Crippen molar-refractivity contribution in [1.29, 1.82) is 0 Å². The lowest BCUT2D eigenvalue weighted by Gasteiger charge is -2.18. The van der Waals surface area contributed by atoms with Crippen LogP contribution in [-0.2, 0) is 28.6 Å². The van der Waals surface area contributed by atoms with Crippen molar-refractivity contribution in [2.75, 3.05) is 13.2 Å². The summed E-state index contributed by atoms with van der Waals surface area (Å²) in [6.45, 7) is 6.56. The SMILES string of the molecule is CC/C=C\C/C=C\C/C=C\C/C=C\CCCCCCCCCCCCCCCCCCCCC(=O)OCC(COC(=O)CCCCCCCCCCC)OC(=O)CCCCCCCCCCC/C=C\CCCCCCCCCC. The first-order valence-electron chi connectivity index (χ1n) is 34.8. The van der Waals surface area contributed by atoms with Crippen LogP contribution in [0.4, 0.5) is 0 Å². The third-order valence-electron chi connectivity index (χ3n) is 15.5. The van der Waals surface area contributed by atoms with Crippen LogP contribution in [0.3, 0.4) is 0 Å². The number of carbonyl (C=O) groups is 3. The van der Waals surface area contributed by atoms with Crippen molar-refractivity contribution in [2.45, 2.75) is 374 Å². The summed E-state index contributed by atoms with van der Waals surface area (Å²) in [7, 11) is 0. The molecule has 0 saturated heterocycles. The Balaban J connectivity index is 4.09. The Morgan fingerprint density at radius 2 is 0.494 bits per heavy atom. The molecule has 0 aliphatic heterocycles. The van der Waals surface area contributed by atoms with E-state index in [9.17, 15) is 14.4 Å². The Labute approximate surface area is 491 Å². The minimum absolute atomic E-state index is 0.0693. The van der Waals surface area contributed by atoms with Gasteiger partial charge in [-0.2, -0.15) is 0 Å². The van der Waals surface area contributed by atoms with Crippen molar-refractivity contribution in [3.63, 3.8) is 0 Å². The van der Waals surface area contributed by atoms with Crippen LogP contribution in [0.5, 0.6) is 0 Å². The molecule has 6 heteroatoms. The minimum atomic E-state index is -0.771. The van der Waals surface area contributed by atoms with E-state index in [1.165, 1.54) is 244 Å². The van der Waals surface area contributed by atoms with Crippen LogP contribution in [0.15, 0.2) is 60.8 Å². The van der Waals surface area contributed by atoms with E-state index in [1.54, 1.807) is 0 Å². The van der Waals surface area contributed by atoms with Crippen LogP contribution >= 0.6 is 0 Å². The number of ether oxygens (including phenoxy) is 3. The molecule has 0 aromatic rings. The second-order valence-electron chi connectivity index (χ2n) is 23.4. The monoisotopic (exact) mass is 1110 g/mol. The van der Waals surface area contributed by atoms with Gasteiger partial charge in [0.15, 0.2) is 6.10 Å². The average molecular weight is 1110 g/mol. The Bertz CT molecular complexity index is 1410. The van der Waals surface area contributed by atoms with E-state index in [-0.39, 0.29) is 31.1 Å². The van der Waals surface area contributed by atoms with Gasteiger partial charge in [-0.1, -0.05) is 326 Å². The van der Waals surface area contributed by atoms with E-state index in [4.69, 9.17) is 14.2 Å². The predicted octanol–water partition coefficient (Wildman–Crippen LogP) is 23.9. The highest BCUT2D eigenvalue weighted by Gasteiger charge is 2.19. The van der Waals surface area contributed by atoms with E-state index in [0.717, 1.165) is 83.5 Å². The Morgan fingerprint density at radius 3 is 0.785 bits per heavy atom. The molecule has 79 heavy (non-hydrogen) atoms. The lowest BCUT2D eigenvalue weighted by Crippen LogP contribution is -2.30. The third kappa shape index (κ3) is 65.8. The fourth-order valence-corrected chi connectivity index (χ4v) is 10.3. The number of carbonyl (C=O) groups excluding carboxylic acids is 3. The fourth-order valence-electron chi connectivity index (χ4n) is 10.3. The summed E-state index contributed by atoms with van der Waals surface area (Å²) >= 11 is 0. The molecule has 0 aliphatic rings. The van der Waals surface area contributed by atoms with Gasteiger partial charge in [-0.3, -0.25) is 14.4 Å². The summed E-state index contributed by atoms with van der Waals surface area (Å²) in [6.07, 6.45) is 86.9. The molecule has 0 fully saturated rings. The van der Waals surface area contributed by atoms with Crippen LogP contribution < -0.4 is 0 Å². The molecule has 0 radical (unpaired) electrons. The highest BCUT2D eigenvalue weighted by molar-refractivity contribution is 5.71. The van der Waals surface area contributed by atoms with E-state index in [0.29, 0.717) is 19.3 Å². The molecule has 0 N–H and O–H groups in total. The maximum atomic E-state index is 12.9. The zero-order valence-corrected chi connectivity index (χ0v) is 52.9. The van der Waals surface area contributed by atoms with Crippen molar-refractivity contribution in [1.82, 2.24) is 0 Å². The summed E-state index contributed by atoms with van der Waals surface area (Å²) in [6, 6.07) is 0. The number of rotatable bonds is 64. The largest absolute Gasteiger partial charge is 0.462 e. The zero-order chi connectivity index (χ0) is 57.1. The maximum absolute atomic E-state index is 12.9. The minimum Gasteiger partial charge on any atom is -0.462 e. The smallest absolute Gasteiger partial charge is 0.306 e. The van der Waals surface area contributed by atoms with Crippen molar-refractivity contribution in [2.24, 2.45) is 0 Å². The molecule has 460 valence electrons. The van der Waals surface area contributed by atoms with E-state index in [2.05, 4.69) is 81.5 Å². The Kier molecular flexibility index (Phi) is 65.1. The van der Waals surface area contributed by atoms with E-state index >= 15 is 0 Å². The van der Waals surface area contributed by atoms with Crippen LogP contribution in [0.2, 0.25) is 0 Å². The number of hydrogen-bond donors (Lipinski definition) is 0. The van der Waals surface area contributed by atoms with Crippen LogP contribution in [0, 0.1) is 0 Å². The molecule has 0 spiro atoms. The van der Waals surface area contributed by atoms with E-state index < -0.39 is 6.10 Å².